The molecule has 1 heteroatoms. The van der Waals surface area contributed by atoms with Crippen LogP contribution in [0.1, 0.15) is 26.2 Å². The maximum absolute atomic E-state index is 4.16. The summed E-state index contributed by atoms with van der Waals surface area (Å²) in [4.78, 5) is 0. The van der Waals surface area contributed by atoms with Gasteiger partial charge in [0.15, 0.2) is 0 Å². The lowest BCUT2D eigenvalue weighted by molar-refractivity contribution is 0.918. The molecule has 0 saturated heterocycles. The quantitative estimate of drug-likeness (QED) is 0.706. The van der Waals surface area contributed by atoms with Gasteiger partial charge in [-0.2, -0.15) is 0 Å². The zero-order chi connectivity index (χ0) is 12.1. The van der Waals surface area contributed by atoms with Gasteiger partial charge in [-0.1, -0.05) is 37.0 Å². The molecular formula is C16H19N. The fraction of sp³-hybridized carbons (Fsp3) is 0.250. The molecule has 1 nitrogen and oxygen atoms in total. The van der Waals surface area contributed by atoms with Gasteiger partial charge in [0, 0.05) is 11.4 Å². The Bertz CT molecular complexity index is 456. The van der Waals surface area contributed by atoms with Gasteiger partial charge in [-0.05, 0) is 49.5 Å². The molecule has 0 amide bonds. The molecule has 2 aliphatic rings. The Kier molecular flexibility index (Phi) is 3.81. The van der Waals surface area contributed by atoms with E-state index in [-0.39, 0.29) is 0 Å². The normalized spacial score (nSPS) is 22.6. The molecule has 1 aliphatic carbocycles. The molecular weight excluding hydrogens is 206 g/mol. The maximum atomic E-state index is 4.16. The predicted molar refractivity (Wildman–Crippen MR) is 74.3 cm³/mol. The first-order chi connectivity index (χ1) is 8.31. The van der Waals surface area contributed by atoms with Crippen LogP contribution in [0.5, 0.6) is 0 Å². The second-order valence-corrected chi connectivity index (χ2v) is 4.34. The lowest BCUT2D eigenvalue weighted by Gasteiger charge is -2.10. The summed E-state index contributed by atoms with van der Waals surface area (Å²) in [5.41, 5.74) is 5.04. The molecule has 0 spiro atoms. The largest absolute Gasteiger partial charge is 0.355 e. The van der Waals surface area contributed by atoms with Gasteiger partial charge in [0.05, 0.1) is 0 Å². The third-order valence-electron chi connectivity index (χ3n) is 3.09. The highest BCUT2D eigenvalue weighted by Crippen LogP contribution is 2.27. The third kappa shape index (κ3) is 2.88. The molecule has 0 aromatic carbocycles. The van der Waals surface area contributed by atoms with Crippen molar-refractivity contribution < 1.29 is 0 Å². The Morgan fingerprint density at radius 3 is 3.00 bits per heavy atom. The van der Waals surface area contributed by atoms with Crippen LogP contribution in [0.2, 0.25) is 0 Å². The van der Waals surface area contributed by atoms with Gasteiger partial charge in [0.1, 0.15) is 0 Å². The number of rotatable bonds is 1. The van der Waals surface area contributed by atoms with E-state index in [2.05, 4.69) is 48.4 Å². The summed E-state index contributed by atoms with van der Waals surface area (Å²) >= 11 is 0. The molecule has 0 saturated carbocycles. The van der Waals surface area contributed by atoms with E-state index >= 15 is 0 Å². The number of hydrogen-bond acceptors (Lipinski definition) is 1. The van der Waals surface area contributed by atoms with Crippen LogP contribution in [0.3, 0.4) is 0 Å². The van der Waals surface area contributed by atoms with E-state index in [0.717, 1.165) is 25.0 Å². The van der Waals surface area contributed by atoms with Gasteiger partial charge >= 0.3 is 0 Å². The summed E-state index contributed by atoms with van der Waals surface area (Å²) in [6.07, 6.45) is 17.9. The van der Waals surface area contributed by atoms with E-state index in [9.17, 15) is 0 Å². The average molecular weight is 225 g/mol. The fourth-order valence-corrected chi connectivity index (χ4v) is 2.06. The first-order valence-electron chi connectivity index (χ1n) is 6.14. The van der Waals surface area contributed by atoms with Crippen LogP contribution in [-0.2, 0) is 0 Å². The molecule has 0 unspecified atom stereocenters. The van der Waals surface area contributed by atoms with E-state index < -0.39 is 0 Å². The molecule has 2 rings (SSSR count). The van der Waals surface area contributed by atoms with Crippen LogP contribution >= 0.6 is 0 Å². The van der Waals surface area contributed by atoms with Crippen molar-refractivity contribution in [3.63, 3.8) is 0 Å². The minimum atomic E-state index is 1.04. The summed E-state index contributed by atoms with van der Waals surface area (Å²) in [6, 6.07) is 0. The standard InChI is InChI=1S/C16H19N/c1-3-4-9-15-13(2)11-12-14-8-6-5-7-10-16(14)17-15/h3-7,9-10,17H,2,8,11-12H2,1H3/b4-3-,15-9+. The van der Waals surface area contributed by atoms with Crippen LogP contribution in [0.25, 0.3) is 0 Å². The summed E-state index contributed by atoms with van der Waals surface area (Å²) in [5, 5.41) is 3.51. The molecule has 0 radical (unpaired) electrons. The Morgan fingerprint density at radius 2 is 2.18 bits per heavy atom. The smallest absolute Gasteiger partial charge is 0.0410 e. The van der Waals surface area contributed by atoms with Gasteiger partial charge in [-0.15, -0.1) is 0 Å². The van der Waals surface area contributed by atoms with Crippen molar-refractivity contribution in [1.29, 1.82) is 0 Å². The van der Waals surface area contributed by atoms with Crippen molar-refractivity contribution >= 4 is 0 Å². The van der Waals surface area contributed by atoms with Crippen molar-refractivity contribution in [3.05, 3.63) is 71.7 Å². The topological polar surface area (TPSA) is 12.0 Å². The average Bonchev–Trinajstić information content (AvgIpc) is 2.62. The van der Waals surface area contributed by atoms with Crippen LogP contribution in [0.15, 0.2) is 71.7 Å². The van der Waals surface area contributed by atoms with Crippen molar-refractivity contribution in [2.24, 2.45) is 0 Å². The van der Waals surface area contributed by atoms with Crippen molar-refractivity contribution in [1.82, 2.24) is 5.32 Å². The molecule has 17 heavy (non-hydrogen) atoms. The molecule has 0 fully saturated rings. The molecule has 0 bridgehead atoms. The van der Waals surface area contributed by atoms with Crippen LogP contribution in [-0.4, -0.2) is 0 Å². The molecule has 0 atom stereocenters. The van der Waals surface area contributed by atoms with Gasteiger partial charge in [-0.25, -0.2) is 0 Å². The SMILES string of the molecule is C=C1CCC2=C(C=CC=CC2)N/C1=C/C=C\C. The second kappa shape index (κ2) is 5.53. The first-order valence-corrected chi connectivity index (χ1v) is 6.14. The Morgan fingerprint density at radius 1 is 1.29 bits per heavy atom. The summed E-state index contributed by atoms with van der Waals surface area (Å²) in [5.74, 6) is 0. The van der Waals surface area contributed by atoms with Gasteiger partial charge in [0.2, 0.25) is 0 Å². The molecule has 0 aromatic rings. The number of nitrogens with one attached hydrogen (secondary N) is 1. The Balaban J connectivity index is 2.29. The van der Waals surface area contributed by atoms with E-state index in [0.29, 0.717) is 0 Å². The summed E-state index contributed by atoms with van der Waals surface area (Å²) in [6.45, 7) is 6.18. The van der Waals surface area contributed by atoms with Gasteiger partial charge in [-0.3, -0.25) is 0 Å². The van der Waals surface area contributed by atoms with E-state index in [1.54, 1.807) is 0 Å². The van der Waals surface area contributed by atoms with Crippen LogP contribution in [0.4, 0.5) is 0 Å². The molecule has 1 heterocycles. The highest BCUT2D eigenvalue weighted by Gasteiger charge is 2.14. The van der Waals surface area contributed by atoms with Crippen molar-refractivity contribution in [2.75, 3.05) is 0 Å². The van der Waals surface area contributed by atoms with Crippen molar-refractivity contribution in [2.45, 2.75) is 26.2 Å². The Labute approximate surface area is 104 Å². The fourth-order valence-electron chi connectivity index (χ4n) is 2.06. The van der Waals surface area contributed by atoms with E-state index in [1.165, 1.54) is 16.8 Å². The van der Waals surface area contributed by atoms with E-state index in [1.807, 2.05) is 13.0 Å². The zero-order valence-electron chi connectivity index (χ0n) is 10.4. The highest BCUT2D eigenvalue weighted by atomic mass is 14.9. The van der Waals surface area contributed by atoms with Gasteiger partial charge in [0.25, 0.3) is 0 Å². The highest BCUT2D eigenvalue weighted by molar-refractivity contribution is 5.42. The second-order valence-electron chi connectivity index (χ2n) is 4.34. The third-order valence-corrected chi connectivity index (χ3v) is 3.09. The minimum Gasteiger partial charge on any atom is -0.355 e. The maximum Gasteiger partial charge on any atom is 0.0410 e. The molecule has 88 valence electrons. The van der Waals surface area contributed by atoms with Crippen LogP contribution < -0.4 is 5.32 Å². The Hall–Kier alpha value is -1.76. The number of allylic oxidation sites excluding steroid dienone is 9. The molecule has 1 aliphatic heterocycles. The zero-order valence-corrected chi connectivity index (χ0v) is 10.4. The number of hydrogen-bond donors (Lipinski definition) is 1. The van der Waals surface area contributed by atoms with E-state index in [4.69, 9.17) is 0 Å². The molecule has 1 N–H and O–H groups in total. The van der Waals surface area contributed by atoms with Gasteiger partial charge < -0.3 is 5.32 Å². The summed E-state index contributed by atoms with van der Waals surface area (Å²) < 4.78 is 0. The monoisotopic (exact) mass is 225 g/mol. The lowest BCUT2D eigenvalue weighted by atomic mass is 10.0. The van der Waals surface area contributed by atoms with Crippen LogP contribution in [0, 0.1) is 0 Å². The first kappa shape index (κ1) is 11.7. The predicted octanol–water partition coefficient (Wildman–Crippen LogP) is 4.16. The minimum absolute atomic E-state index is 1.04. The van der Waals surface area contributed by atoms with Crippen molar-refractivity contribution in [3.8, 4) is 0 Å². The molecule has 0 aromatic heterocycles. The lowest BCUT2D eigenvalue weighted by Crippen LogP contribution is -2.12. The summed E-state index contributed by atoms with van der Waals surface area (Å²) in [7, 11) is 0.